The van der Waals surface area contributed by atoms with Crippen LogP contribution in [-0.4, -0.2) is 26.9 Å². The highest BCUT2D eigenvalue weighted by molar-refractivity contribution is 8.00. The zero-order valence-corrected chi connectivity index (χ0v) is 17.9. The molecule has 4 rings (SSSR count). The molecule has 0 bridgehead atoms. The molecule has 0 spiro atoms. The van der Waals surface area contributed by atoms with E-state index in [1.807, 2.05) is 24.3 Å². The number of carbonyl (C=O) groups excluding carboxylic acids is 1. The number of pyridine rings is 2. The standard InChI is InChI=1S/C21H14N8O3S/c1-29-18(21(31)32-28-29)17-12(8-22)19(24)27-20(13(17)9-23)33-10-16(30)26-15-6-2-5-14-11(15)4-3-7-25-14/h2-7H,10H2,1H3,(H3-,24,25,26,27,28,30,31). The van der Waals surface area contributed by atoms with Gasteiger partial charge in [0, 0.05) is 11.6 Å². The Morgan fingerprint density at radius 2 is 2.06 bits per heavy atom. The molecule has 0 aliphatic rings. The first-order valence-electron chi connectivity index (χ1n) is 9.38. The van der Waals surface area contributed by atoms with Gasteiger partial charge in [0.1, 0.15) is 28.5 Å². The third-order valence-corrected chi connectivity index (χ3v) is 5.65. The van der Waals surface area contributed by atoms with Crippen LogP contribution in [0.3, 0.4) is 0 Å². The molecule has 1 amide bonds. The number of nitrogens with zero attached hydrogens (tertiary/aromatic N) is 6. The van der Waals surface area contributed by atoms with E-state index in [9.17, 15) is 20.4 Å². The molecule has 162 valence electrons. The van der Waals surface area contributed by atoms with E-state index >= 15 is 0 Å². The summed E-state index contributed by atoms with van der Waals surface area (Å²) in [6.45, 7) is 0. The molecular weight excluding hydrogens is 444 g/mol. The first-order chi connectivity index (χ1) is 15.9. The highest BCUT2D eigenvalue weighted by Crippen LogP contribution is 2.36. The highest BCUT2D eigenvalue weighted by Gasteiger charge is 2.29. The van der Waals surface area contributed by atoms with E-state index in [4.69, 9.17) is 5.73 Å². The van der Waals surface area contributed by atoms with Gasteiger partial charge < -0.3 is 20.7 Å². The van der Waals surface area contributed by atoms with Gasteiger partial charge in [0.15, 0.2) is 13.0 Å². The van der Waals surface area contributed by atoms with Crippen LogP contribution in [-0.2, 0) is 11.8 Å². The Hall–Kier alpha value is -4.68. The molecule has 4 aromatic rings. The topological polar surface area (TPSA) is 181 Å². The van der Waals surface area contributed by atoms with Gasteiger partial charge in [-0.25, -0.2) is 4.98 Å². The van der Waals surface area contributed by atoms with E-state index in [0.717, 1.165) is 27.3 Å². The molecule has 1 aromatic carbocycles. The fourth-order valence-electron chi connectivity index (χ4n) is 3.25. The van der Waals surface area contributed by atoms with Crippen LogP contribution in [0.25, 0.3) is 22.2 Å². The van der Waals surface area contributed by atoms with Crippen LogP contribution < -0.4 is 20.8 Å². The van der Waals surface area contributed by atoms with Gasteiger partial charge in [-0.05, 0) is 24.3 Å². The molecule has 0 radical (unpaired) electrons. The predicted molar refractivity (Wildman–Crippen MR) is 115 cm³/mol. The Labute approximate surface area is 191 Å². The smallest absolute Gasteiger partial charge is 0.266 e. The molecule has 3 N–H and O–H groups in total. The van der Waals surface area contributed by atoms with Crippen molar-refractivity contribution < 1.29 is 19.1 Å². The molecule has 11 nitrogen and oxygen atoms in total. The van der Waals surface area contributed by atoms with E-state index in [1.54, 1.807) is 24.4 Å². The van der Waals surface area contributed by atoms with Crippen molar-refractivity contribution in [2.45, 2.75) is 5.03 Å². The van der Waals surface area contributed by atoms with Crippen molar-refractivity contribution in [3.8, 4) is 29.3 Å². The average Bonchev–Trinajstić information content (AvgIpc) is 3.15. The molecule has 0 aliphatic heterocycles. The van der Waals surface area contributed by atoms with Gasteiger partial charge in [-0.3, -0.25) is 9.78 Å². The summed E-state index contributed by atoms with van der Waals surface area (Å²) in [4.78, 5) is 21.0. The monoisotopic (exact) mass is 458 g/mol. The van der Waals surface area contributed by atoms with Gasteiger partial charge >= 0.3 is 0 Å². The highest BCUT2D eigenvalue weighted by atomic mass is 32.2. The van der Waals surface area contributed by atoms with Crippen LogP contribution in [0.15, 0.2) is 46.1 Å². The lowest BCUT2D eigenvalue weighted by Gasteiger charge is -2.11. The number of anilines is 2. The van der Waals surface area contributed by atoms with Crippen molar-refractivity contribution in [1.29, 1.82) is 10.5 Å². The van der Waals surface area contributed by atoms with Gasteiger partial charge in [-0.1, -0.05) is 22.5 Å². The zero-order chi connectivity index (χ0) is 23.5. The van der Waals surface area contributed by atoms with E-state index in [0.29, 0.717) is 5.69 Å². The Morgan fingerprint density at radius 1 is 1.27 bits per heavy atom. The van der Waals surface area contributed by atoms with Crippen LogP contribution in [0.1, 0.15) is 11.1 Å². The molecule has 3 aromatic heterocycles. The number of hydrogen-bond acceptors (Lipinski definition) is 10. The van der Waals surface area contributed by atoms with Crippen LogP contribution in [0.5, 0.6) is 5.95 Å². The lowest BCUT2D eigenvalue weighted by atomic mass is 10.0. The number of nitrogens with one attached hydrogen (secondary N) is 1. The maximum atomic E-state index is 12.6. The van der Waals surface area contributed by atoms with Crippen molar-refractivity contribution in [3.05, 3.63) is 47.7 Å². The molecule has 0 saturated carbocycles. The van der Waals surface area contributed by atoms with E-state index < -0.39 is 5.95 Å². The van der Waals surface area contributed by atoms with Gasteiger partial charge in [-0.2, -0.15) is 10.5 Å². The maximum Gasteiger partial charge on any atom is 0.266 e. The number of hydrogen-bond donors (Lipinski definition) is 2. The number of rotatable bonds is 5. The Balaban J connectivity index is 1.66. The number of nitrogens with two attached hydrogens (primary N) is 1. The quantitative estimate of drug-likeness (QED) is 0.326. The van der Waals surface area contributed by atoms with E-state index in [-0.39, 0.29) is 44.9 Å². The minimum Gasteiger partial charge on any atom is -0.539 e. The zero-order valence-electron chi connectivity index (χ0n) is 17.1. The van der Waals surface area contributed by atoms with Crippen LogP contribution in [0, 0.1) is 22.7 Å². The normalized spacial score (nSPS) is 10.5. The molecule has 0 unspecified atom stereocenters. The predicted octanol–water partition coefficient (Wildman–Crippen LogP) is 1.24. The molecule has 0 saturated heterocycles. The van der Waals surface area contributed by atoms with Gasteiger partial charge in [0.05, 0.1) is 33.4 Å². The number of nitriles is 2. The van der Waals surface area contributed by atoms with Crippen LogP contribution in [0.4, 0.5) is 11.5 Å². The molecule has 0 aliphatic carbocycles. The Kier molecular flexibility index (Phi) is 5.76. The number of carbonyl (C=O) groups is 1. The van der Waals surface area contributed by atoms with Gasteiger partial charge in [-0.15, -0.1) is 0 Å². The largest absolute Gasteiger partial charge is 0.539 e. The number of thioether (sulfide) groups is 1. The fourth-order valence-corrected chi connectivity index (χ4v) is 4.05. The van der Waals surface area contributed by atoms with Gasteiger partial charge in [0.25, 0.3) is 5.69 Å². The minimum absolute atomic E-state index is 0.0377. The van der Waals surface area contributed by atoms with Crippen LogP contribution >= 0.6 is 11.8 Å². The molecule has 0 atom stereocenters. The van der Waals surface area contributed by atoms with Crippen molar-refractivity contribution in [3.63, 3.8) is 0 Å². The summed E-state index contributed by atoms with van der Waals surface area (Å²) in [7, 11) is 1.43. The summed E-state index contributed by atoms with van der Waals surface area (Å²) >= 11 is 0.948. The first kappa shape index (κ1) is 21.5. The Bertz CT molecular complexity index is 1460. The Morgan fingerprint density at radius 3 is 2.76 bits per heavy atom. The summed E-state index contributed by atoms with van der Waals surface area (Å²) in [5.41, 5.74) is 6.86. The van der Waals surface area contributed by atoms with Crippen molar-refractivity contribution in [2.75, 3.05) is 16.8 Å². The lowest BCUT2D eigenvalue weighted by Crippen LogP contribution is -2.32. The molecule has 3 heterocycles. The second-order valence-electron chi connectivity index (χ2n) is 6.70. The molecular formula is C21H14N8O3S. The molecule has 0 fully saturated rings. The summed E-state index contributed by atoms with van der Waals surface area (Å²) in [6, 6.07) is 12.8. The third kappa shape index (κ3) is 3.98. The number of aromatic nitrogens is 4. The van der Waals surface area contributed by atoms with Crippen molar-refractivity contribution in [1.82, 2.24) is 15.2 Å². The number of nitrogen functional groups attached to an aromatic ring is 1. The lowest BCUT2D eigenvalue weighted by molar-refractivity contribution is -0.730. The number of aryl methyl sites for hydroxylation is 1. The molecule has 12 heteroatoms. The maximum absolute atomic E-state index is 12.6. The van der Waals surface area contributed by atoms with E-state index in [2.05, 4.69) is 25.1 Å². The summed E-state index contributed by atoms with van der Waals surface area (Å²) in [5, 5.41) is 38.7. The average molecular weight is 458 g/mol. The fraction of sp³-hybridized carbons (Fsp3) is 0.0952. The second kappa shape index (κ2) is 8.82. The summed E-state index contributed by atoms with van der Waals surface area (Å²) in [5.74, 6) is -1.49. The minimum atomic E-state index is -0.839. The number of fused-ring (bicyclic) bond motifs is 1. The first-order valence-corrected chi connectivity index (χ1v) is 10.4. The summed E-state index contributed by atoms with van der Waals surface area (Å²) in [6.07, 6.45) is 1.66. The van der Waals surface area contributed by atoms with Crippen LogP contribution in [0.2, 0.25) is 0 Å². The molecule has 33 heavy (non-hydrogen) atoms. The third-order valence-electron chi connectivity index (χ3n) is 4.68. The second-order valence-corrected chi connectivity index (χ2v) is 7.66. The number of amides is 1. The van der Waals surface area contributed by atoms with Crippen molar-refractivity contribution >= 4 is 40.1 Å². The SMILES string of the molecule is C[n+]1noc([O-])c1-c1c(C#N)c(N)nc(SCC(=O)Nc2cccc3ncccc23)c1C#N. The number of benzene rings is 1. The van der Waals surface area contributed by atoms with Crippen molar-refractivity contribution in [2.24, 2.45) is 7.05 Å². The van der Waals surface area contributed by atoms with Gasteiger partial charge in [0.2, 0.25) is 5.91 Å². The summed E-state index contributed by atoms with van der Waals surface area (Å²) < 4.78 is 5.74. The van der Waals surface area contributed by atoms with E-state index in [1.165, 1.54) is 7.05 Å².